The summed E-state index contributed by atoms with van der Waals surface area (Å²) >= 11 is 13.1. The van der Waals surface area contributed by atoms with Crippen LogP contribution in [-0.4, -0.2) is 8.42 Å². The number of rotatable bonds is 4. The van der Waals surface area contributed by atoms with Crippen molar-refractivity contribution >= 4 is 44.6 Å². The van der Waals surface area contributed by atoms with Gasteiger partial charge >= 0.3 is 0 Å². The van der Waals surface area contributed by atoms with E-state index >= 15 is 0 Å². The molecule has 0 amide bonds. The summed E-state index contributed by atoms with van der Waals surface area (Å²) < 4.78 is 29.1. The average Bonchev–Trinajstić information content (AvgIpc) is 3.26. The molecule has 2 N–H and O–H groups in total. The van der Waals surface area contributed by atoms with Crippen LogP contribution in [-0.2, 0) is 10.0 Å². The van der Waals surface area contributed by atoms with Crippen LogP contribution in [0.1, 0.15) is 40.6 Å². The van der Waals surface area contributed by atoms with E-state index in [1.165, 1.54) is 0 Å². The Hall–Kier alpha value is -2.47. The molecule has 3 unspecified atom stereocenters. The van der Waals surface area contributed by atoms with E-state index in [-0.39, 0.29) is 22.8 Å². The molecule has 33 heavy (non-hydrogen) atoms. The zero-order chi connectivity index (χ0) is 23.3. The van der Waals surface area contributed by atoms with Gasteiger partial charge in [0.25, 0.3) is 10.0 Å². The number of anilines is 2. The third-order valence-corrected chi connectivity index (χ3v) is 8.75. The molecule has 0 radical (unpaired) electrons. The molecule has 0 spiro atoms. The van der Waals surface area contributed by atoms with Crippen LogP contribution < -0.4 is 10.0 Å². The van der Waals surface area contributed by atoms with E-state index in [1.54, 1.807) is 18.2 Å². The van der Waals surface area contributed by atoms with E-state index in [2.05, 4.69) is 22.2 Å². The predicted octanol–water partition coefficient (Wildman–Crippen LogP) is 7.24. The molecule has 4 nitrogen and oxygen atoms in total. The molecule has 5 rings (SSSR count). The minimum absolute atomic E-state index is 0.0604. The summed E-state index contributed by atoms with van der Waals surface area (Å²) in [6, 6.07) is 16.3. The highest BCUT2D eigenvalue weighted by molar-refractivity contribution is 7.92. The predicted molar refractivity (Wildman–Crippen MR) is 136 cm³/mol. The lowest BCUT2D eigenvalue weighted by atomic mass is 9.77. The first-order valence-corrected chi connectivity index (χ1v) is 13.1. The van der Waals surface area contributed by atoms with Gasteiger partial charge in [-0.25, -0.2) is 8.42 Å². The van der Waals surface area contributed by atoms with E-state index in [0.29, 0.717) is 15.7 Å². The van der Waals surface area contributed by atoms with E-state index in [9.17, 15) is 8.42 Å². The van der Waals surface area contributed by atoms with Crippen LogP contribution >= 0.6 is 23.2 Å². The number of hydrogen-bond donors (Lipinski definition) is 2. The minimum atomic E-state index is -3.73. The number of benzene rings is 3. The fraction of sp³-hybridized carbons (Fsp3) is 0.231. The van der Waals surface area contributed by atoms with Crippen molar-refractivity contribution in [2.45, 2.75) is 37.1 Å². The highest BCUT2D eigenvalue weighted by Gasteiger charge is 2.40. The van der Waals surface area contributed by atoms with Gasteiger partial charge in [-0.3, -0.25) is 4.72 Å². The molecule has 0 aromatic heterocycles. The Balaban J connectivity index is 1.51. The average molecular weight is 499 g/mol. The molecular formula is C26H24Cl2N2O2S. The lowest BCUT2D eigenvalue weighted by molar-refractivity contribution is 0.425. The maximum Gasteiger partial charge on any atom is 0.261 e. The second-order valence-corrected chi connectivity index (χ2v) is 11.3. The molecule has 7 heteroatoms. The Morgan fingerprint density at radius 1 is 0.970 bits per heavy atom. The minimum Gasteiger partial charge on any atom is -0.378 e. The Bertz CT molecular complexity index is 1360. The van der Waals surface area contributed by atoms with Crippen molar-refractivity contribution in [2.24, 2.45) is 5.92 Å². The quantitative estimate of drug-likeness (QED) is 0.372. The molecule has 3 aromatic carbocycles. The molecule has 0 saturated carbocycles. The van der Waals surface area contributed by atoms with Crippen LogP contribution in [0.2, 0.25) is 10.0 Å². The van der Waals surface area contributed by atoms with Gasteiger partial charge in [0.2, 0.25) is 0 Å². The normalized spacial score (nSPS) is 21.3. The SMILES string of the molecule is Cc1ccc(NS(=O)(=O)c2ccc3c(c2)C2C=CCC2C(c2c(Cl)cccc2Cl)N3)cc1C. The third-order valence-electron chi connectivity index (χ3n) is 6.71. The maximum absolute atomic E-state index is 13.2. The van der Waals surface area contributed by atoms with Crippen molar-refractivity contribution in [3.8, 4) is 0 Å². The Morgan fingerprint density at radius 2 is 1.73 bits per heavy atom. The first kappa shape index (κ1) is 22.3. The largest absolute Gasteiger partial charge is 0.378 e. The lowest BCUT2D eigenvalue weighted by Crippen LogP contribution is -2.29. The summed E-state index contributed by atoms with van der Waals surface area (Å²) in [6.07, 6.45) is 5.18. The van der Waals surface area contributed by atoms with Crippen LogP contribution in [0.4, 0.5) is 11.4 Å². The van der Waals surface area contributed by atoms with Gasteiger partial charge in [0.1, 0.15) is 0 Å². The number of fused-ring (bicyclic) bond motifs is 3. The molecule has 170 valence electrons. The molecule has 0 fully saturated rings. The molecular weight excluding hydrogens is 475 g/mol. The molecule has 1 aliphatic carbocycles. The summed E-state index contributed by atoms with van der Waals surface area (Å²) in [5.41, 5.74) is 5.46. The zero-order valence-electron chi connectivity index (χ0n) is 18.3. The summed E-state index contributed by atoms with van der Waals surface area (Å²) in [5, 5.41) is 4.85. The highest BCUT2D eigenvalue weighted by Crippen LogP contribution is 2.52. The molecule has 3 atom stereocenters. The molecule has 1 heterocycles. The number of sulfonamides is 1. The van der Waals surface area contributed by atoms with Gasteiger partial charge in [-0.2, -0.15) is 0 Å². The third kappa shape index (κ3) is 4.03. The van der Waals surface area contributed by atoms with Crippen molar-refractivity contribution in [1.29, 1.82) is 0 Å². The topological polar surface area (TPSA) is 58.2 Å². The first-order chi connectivity index (χ1) is 15.7. The standard InChI is InChI=1S/C26H24Cl2N2O2S/c1-15-9-10-17(13-16(15)2)30-33(31,32)18-11-12-24-21(14-18)19-5-3-6-20(19)26(29-24)25-22(27)7-4-8-23(25)28/h3-5,7-14,19-20,26,29-30H,6H2,1-2H3. The number of aryl methyl sites for hydroxylation is 2. The number of halogens is 2. The number of nitrogens with one attached hydrogen (secondary N) is 2. The Kier molecular flexibility index (Phi) is 5.68. The van der Waals surface area contributed by atoms with Crippen molar-refractivity contribution < 1.29 is 8.42 Å². The van der Waals surface area contributed by atoms with Crippen LogP contribution in [0.25, 0.3) is 0 Å². The number of allylic oxidation sites excluding steroid dienone is 2. The van der Waals surface area contributed by atoms with Crippen LogP contribution in [0, 0.1) is 19.8 Å². The monoisotopic (exact) mass is 498 g/mol. The Morgan fingerprint density at radius 3 is 2.45 bits per heavy atom. The lowest BCUT2D eigenvalue weighted by Gasteiger charge is -2.38. The molecule has 2 aliphatic rings. The number of hydrogen-bond acceptors (Lipinski definition) is 3. The molecule has 0 saturated heterocycles. The summed E-state index contributed by atoms with van der Waals surface area (Å²) in [5.74, 6) is 0.274. The zero-order valence-corrected chi connectivity index (χ0v) is 20.6. The maximum atomic E-state index is 13.2. The van der Waals surface area contributed by atoms with Crippen molar-refractivity contribution in [3.63, 3.8) is 0 Å². The fourth-order valence-corrected chi connectivity index (χ4v) is 6.57. The summed E-state index contributed by atoms with van der Waals surface area (Å²) in [4.78, 5) is 0.245. The van der Waals surface area contributed by atoms with Gasteiger partial charge in [0.05, 0.1) is 10.9 Å². The van der Waals surface area contributed by atoms with Gasteiger partial charge in [0, 0.05) is 32.9 Å². The smallest absolute Gasteiger partial charge is 0.261 e. The van der Waals surface area contributed by atoms with E-state index < -0.39 is 10.0 Å². The molecule has 1 aliphatic heterocycles. The molecule has 0 bridgehead atoms. The van der Waals surface area contributed by atoms with E-state index in [1.807, 2.05) is 50.2 Å². The van der Waals surface area contributed by atoms with Gasteiger partial charge in [0.15, 0.2) is 0 Å². The van der Waals surface area contributed by atoms with E-state index in [0.717, 1.165) is 34.4 Å². The van der Waals surface area contributed by atoms with Crippen LogP contribution in [0.5, 0.6) is 0 Å². The van der Waals surface area contributed by atoms with Crippen LogP contribution in [0.3, 0.4) is 0 Å². The molecule has 3 aromatic rings. The van der Waals surface area contributed by atoms with Gasteiger partial charge in [-0.05, 0) is 85.3 Å². The Labute approximate surface area is 204 Å². The summed E-state index contributed by atoms with van der Waals surface area (Å²) in [6.45, 7) is 3.96. The van der Waals surface area contributed by atoms with Gasteiger partial charge in [-0.15, -0.1) is 0 Å². The fourth-order valence-electron chi connectivity index (χ4n) is 4.85. The van der Waals surface area contributed by atoms with Crippen molar-refractivity contribution in [2.75, 3.05) is 10.0 Å². The van der Waals surface area contributed by atoms with Crippen LogP contribution in [0.15, 0.2) is 71.6 Å². The first-order valence-electron chi connectivity index (χ1n) is 10.9. The second-order valence-electron chi connectivity index (χ2n) is 8.76. The summed E-state index contributed by atoms with van der Waals surface area (Å²) in [7, 11) is -3.73. The highest BCUT2D eigenvalue weighted by atomic mass is 35.5. The van der Waals surface area contributed by atoms with Gasteiger partial charge in [-0.1, -0.05) is 47.5 Å². The van der Waals surface area contributed by atoms with E-state index in [4.69, 9.17) is 23.2 Å². The second kappa shape index (κ2) is 8.39. The van der Waals surface area contributed by atoms with Gasteiger partial charge < -0.3 is 5.32 Å². The van der Waals surface area contributed by atoms with Crippen molar-refractivity contribution in [1.82, 2.24) is 0 Å². The van der Waals surface area contributed by atoms with Crippen molar-refractivity contribution in [3.05, 3.63) is 99.0 Å².